The van der Waals surface area contributed by atoms with Crippen molar-refractivity contribution in [1.82, 2.24) is 14.8 Å². The van der Waals surface area contributed by atoms with Gasteiger partial charge < -0.3 is 14.8 Å². The number of hydrogen-bond acceptors (Lipinski definition) is 2. The second-order valence-electron chi connectivity index (χ2n) is 4.21. The van der Waals surface area contributed by atoms with E-state index in [0.29, 0.717) is 0 Å². The van der Waals surface area contributed by atoms with Crippen LogP contribution < -0.4 is 5.32 Å². The molecule has 17 heavy (non-hydrogen) atoms. The molecule has 1 atom stereocenters. The molecule has 1 N–H and O–H groups in total. The molecule has 4 nitrogen and oxygen atoms in total. The third kappa shape index (κ3) is 3.03. The van der Waals surface area contributed by atoms with E-state index in [9.17, 15) is 4.79 Å². The molecule has 2 rings (SSSR count). The third-order valence-electron chi connectivity index (χ3n) is 2.95. The van der Waals surface area contributed by atoms with Crippen molar-refractivity contribution in [2.75, 3.05) is 19.6 Å². The van der Waals surface area contributed by atoms with E-state index in [1.165, 1.54) is 0 Å². The smallest absolute Gasteiger partial charge is 0.270 e. The summed E-state index contributed by atoms with van der Waals surface area (Å²) in [5, 5.41) is 3.28. The van der Waals surface area contributed by atoms with Gasteiger partial charge in [0.05, 0.1) is 0 Å². The van der Waals surface area contributed by atoms with Crippen LogP contribution in [-0.2, 0) is 7.05 Å². The first-order valence-electron chi connectivity index (χ1n) is 5.43. The van der Waals surface area contributed by atoms with Crippen molar-refractivity contribution < 1.29 is 4.79 Å². The Morgan fingerprint density at radius 3 is 2.82 bits per heavy atom. The van der Waals surface area contributed by atoms with Crippen LogP contribution >= 0.6 is 28.3 Å². The van der Waals surface area contributed by atoms with Gasteiger partial charge in [-0.05, 0) is 28.9 Å². The minimum absolute atomic E-state index is 0. The van der Waals surface area contributed by atoms with E-state index in [2.05, 4.69) is 28.2 Å². The molecule has 1 fully saturated rings. The highest BCUT2D eigenvalue weighted by molar-refractivity contribution is 9.10. The fourth-order valence-corrected chi connectivity index (χ4v) is 2.55. The Morgan fingerprint density at radius 1 is 1.59 bits per heavy atom. The van der Waals surface area contributed by atoms with Crippen molar-refractivity contribution in [2.45, 2.75) is 13.0 Å². The van der Waals surface area contributed by atoms with Gasteiger partial charge in [-0.25, -0.2) is 0 Å². The maximum Gasteiger partial charge on any atom is 0.270 e. The molecule has 0 saturated carbocycles. The number of amides is 1. The van der Waals surface area contributed by atoms with Crippen LogP contribution in [0.5, 0.6) is 0 Å². The molecule has 1 aromatic rings. The Morgan fingerprint density at radius 2 is 2.29 bits per heavy atom. The molecule has 0 spiro atoms. The van der Waals surface area contributed by atoms with Crippen LogP contribution in [0.15, 0.2) is 16.7 Å². The molecule has 0 aromatic carbocycles. The lowest BCUT2D eigenvalue weighted by molar-refractivity contribution is 0.0646. The van der Waals surface area contributed by atoms with Gasteiger partial charge in [0.1, 0.15) is 5.69 Å². The molecule has 2 heterocycles. The molecule has 1 aliphatic rings. The summed E-state index contributed by atoms with van der Waals surface area (Å²) in [5.74, 6) is 0.113. The predicted molar refractivity (Wildman–Crippen MR) is 73.7 cm³/mol. The van der Waals surface area contributed by atoms with Crippen molar-refractivity contribution in [2.24, 2.45) is 7.05 Å². The highest BCUT2D eigenvalue weighted by atomic mass is 79.9. The van der Waals surface area contributed by atoms with Crippen LogP contribution in [0, 0.1) is 0 Å². The summed E-state index contributed by atoms with van der Waals surface area (Å²) in [7, 11) is 1.89. The highest BCUT2D eigenvalue weighted by Crippen LogP contribution is 2.17. The first-order chi connectivity index (χ1) is 7.59. The summed E-state index contributed by atoms with van der Waals surface area (Å²) in [6.07, 6.45) is 1.90. The Labute approximate surface area is 116 Å². The van der Waals surface area contributed by atoms with E-state index in [1.54, 1.807) is 0 Å². The lowest BCUT2D eigenvalue weighted by atomic mass is 10.2. The van der Waals surface area contributed by atoms with Crippen LogP contribution in [0.4, 0.5) is 0 Å². The van der Waals surface area contributed by atoms with Gasteiger partial charge in [-0.3, -0.25) is 4.79 Å². The van der Waals surface area contributed by atoms with Gasteiger partial charge in [0, 0.05) is 43.4 Å². The van der Waals surface area contributed by atoms with Gasteiger partial charge in [-0.2, -0.15) is 0 Å². The predicted octanol–water partition coefficient (Wildman–Crippen LogP) is 1.64. The average molecular weight is 323 g/mol. The van der Waals surface area contributed by atoms with Crippen LogP contribution in [0.1, 0.15) is 17.4 Å². The fourth-order valence-electron chi connectivity index (χ4n) is 2.03. The maximum atomic E-state index is 12.3. The summed E-state index contributed by atoms with van der Waals surface area (Å²) >= 11 is 3.39. The highest BCUT2D eigenvalue weighted by Gasteiger charge is 2.25. The van der Waals surface area contributed by atoms with Gasteiger partial charge >= 0.3 is 0 Å². The van der Waals surface area contributed by atoms with Crippen molar-refractivity contribution in [1.29, 1.82) is 0 Å². The van der Waals surface area contributed by atoms with E-state index >= 15 is 0 Å². The first-order valence-corrected chi connectivity index (χ1v) is 6.22. The van der Waals surface area contributed by atoms with Crippen molar-refractivity contribution >= 4 is 34.2 Å². The number of carbonyl (C=O) groups excluding carboxylic acids is 1. The Hall–Kier alpha value is -0.520. The summed E-state index contributed by atoms with van der Waals surface area (Å²) in [4.78, 5) is 14.2. The largest absolute Gasteiger partial charge is 0.345 e. The molecule has 6 heteroatoms. The Kier molecular flexibility index (Phi) is 5.04. The molecule has 0 bridgehead atoms. The SMILES string of the molecule is CC1CNCCN1C(=O)c1cc(Br)cn1C.Cl. The molecular weight excluding hydrogens is 305 g/mol. The zero-order valence-corrected chi connectivity index (χ0v) is 12.3. The van der Waals surface area contributed by atoms with Crippen molar-refractivity contribution in [3.8, 4) is 0 Å². The van der Waals surface area contributed by atoms with Crippen LogP contribution in [-0.4, -0.2) is 41.1 Å². The minimum atomic E-state index is 0. The standard InChI is InChI=1S/C11H16BrN3O.ClH/c1-8-6-13-3-4-15(8)11(16)10-5-9(12)7-14(10)2;/h5,7-8,13H,3-4,6H2,1-2H3;1H. The number of nitrogens with one attached hydrogen (secondary N) is 1. The minimum Gasteiger partial charge on any atom is -0.345 e. The summed E-state index contributed by atoms with van der Waals surface area (Å²) in [5.41, 5.74) is 0.737. The van der Waals surface area contributed by atoms with Crippen molar-refractivity contribution in [3.63, 3.8) is 0 Å². The van der Waals surface area contributed by atoms with Crippen LogP contribution in [0.3, 0.4) is 0 Å². The topological polar surface area (TPSA) is 37.3 Å². The fraction of sp³-hybridized carbons (Fsp3) is 0.545. The monoisotopic (exact) mass is 321 g/mol. The molecule has 0 aliphatic carbocycles. The molecule has 1 unspecified atom stereocenters. The summed E-state index contributed by atoms with van der Waals surface area (Å²) in [6.45, 7) is 4.60. The average Bonchev–Trinajstić information content (AvgIpc) is 2.58. The second-order valence-corrected chi connectivity index (χ2v) is 5.12. The third-order valence-corrected chi connectivity index (χ3v) is 3.39. The quantitative estimate of drug-likeness (QED) is 0.853. The summed E-state index contributed by atoms with van der Waals surface area (Å²) in [6, 6.07) is 2.13. The molecule has 96 valence electrons. The Balaban J connectivity index is 0.00000144. The normalized spacial score (nSPS) is 19.9. The number of aryl methyl sites for hydroxylation is 1. The molecule has 1 aliphatic heterocycles. The van der Waals surface area contributed by atoms with Gasteiger partial charge in [-0.15, -0.1) is 12.4 Å². The van der Waals surface area contributed by atoms with E-state index in [-0.39, 0.29) is 24.4 Å². The molecular formula is C11H17BrClN3O. The second kappa shape index (κ2) is 5.89. The molecule has 1 amide bonds. The van der Waals surface area contributed by atoms with Gasteiger partial charge in [-0.1, -0.05) is 0 Å². The number of nitrogens with zero attached hydrogens (tertiary/aromatic N) is 2. The number of halogens is 2. The van der Waals surface area contributed by atoms with Crippen molar-refractivity contribution in [3.05, 3.63) is 22.4 Å². The number of piperazine rings is 1. The number of carbonyl (C=O) groups is 1. The lowest BCUT2D eigenvalue weighted by Gasteiger charge is -2.34. The van der Waals surface area contributed by atoms with Gasteiger partial charge in [0.15, 0.2) is 0 Å². The van der Waals surface area contributed by atoms with Crippen LogP contribution in [0.2, 0.25) is 0 Å². The van der Waals surface area contributed by atoms with Gasteiger partial charge in [0.25, 0.3) is 5.91 Å². The zero-order chi connectivity index (χ0) is 11.7. The number of hydrogen-bond donors (Lipinski definition) is 1. The zero-order valence-electron chi connectivity index (χ0n) is 9.94. The van der Waals surface area contributed by atoms with Crippen LogP contribution in [0.25, 0.3) is 0 Å². The summed E-state index contributed by atoms with van der Waals surface area (Å²) < 4.78 is 2.81. The van der Waals surface area contributed by atoms with Gasteiger partial charge in [0.2, 0.25) is 0 Å². The number of rotatable bonds is 1. The first kappa shape index (κ1) is 14.5. The van der Waals surface area contributed by atoms with E-state index < -0.39 is 0 Å². The number of aromatic nitrogens is 1. The van der Waals surface area contributed by atoms with E-state index in [4.69, 9.17) is 0 Å². The molecule has 0 radical (unpaired) electrons. The Bertz CT molecular complexity index is 407. The van der Waals surface area contributed by atoms with E-state index in [0.717, 1.165) is 29.8 Å². The van der Waals surface area contributed by atoms with E-state index in [1.807, 2.05) is 28.8 Å². The molecule has 1 saturated heterocycles. The lowest BCUT2D eigenvalue weighted by Crippen LogP contribution is -2.52. The molecule has 1 aromatic heterocycles. The maximum absolute atomic E-state index is 12.3.